The van der Waals surface area contributed by atoms with Gasteiger partial charge in [0.05, 0.1) is 0 Å². The van der Waals surface area contributed by atoms with Gasteiger partial charge in [-0.25, -0.2) is 0 Å². The van der Waals surface area contributed by atoms with E-state index in [0.29, 0.717) is 22.6 Å². The van der Waals surface area contributed by atoms with E-state index in [1.807, 2.05) is 0 Å². The van der Waals surface area contributed by atoms with Gasteiger partial charge in [-0.1, -0.05) is 12.2 Å². The Labute approximate surface area is 108 Å². The first-order chi connectivity index (χ1) is 8.00. The van der Waals surface area contributed by atoms with Crippen LogP contribution in [-0.4, -0.2) is 0 Å². The third-order valence-corrected chi connectivity index (χ3v) is 4.21. The van der Waals surface area contributed by atoms with Crippen molar-refractivity contribution in [2.24, 2.45) is 0 Å². The average molecular weight is 322 g/mol. The highest BCUT2D eigenvalue weighted by molar-refractivity contribution is 9.10. The van der Waals surface area contributed by atoms with Gasteiger partial charge >= 0.3 is 6.18 Å². The van der Waals surface area contributed by atoms with Gasteiger partial charge in [0.15, 0.2) is 0 Å². The number of halogens is 4. The highest BCUT2D eigenvalue weighted by Crippen LogP contribution is 2.42. The standard InChI is InChI=1S/C11H7BrF3NS/c12-9-7(6-17-10(9)11(13,14)15)8-4-2-1-3-5-16-8/h1-6,16H. The molecule has 0 bridgehead atoms. The summed E-state index contributed by atoms with van der Waals surface area (Å²) in [5.41, 5.74) is 1.15. The van der Waals surface area contributed by atoms with Crippen LogP contribution in [0.1, 0.15) is 10.4 Å². The summed E-state index contributed by atoms with van der Waals surface area (Å²) in [6.45, 7) is 0. The lowest BCUT2D eigenvalue weighted by molar-refractivity contribution is -0.134. The Morgan fingerprint density at radius 1 is 1.18 bits per heavy atom. The van der Waals surface area contributed by atoms with E-state index in [2.05, 4.69) is 21.2 Å². The molecule has 1 aliphatic heterocycles. The normalized spacial score (nSPS) is 15.4. The van der Waals surface area contributed by atoms with Crippen LogP contribution < -0.4 is 5.32 Å². The van der Waals surface area contributed by atoms with Gasteiger partial charge in [-0.3, -0.25) is 0 Å². The van der Waals surface area contributed by atoms with Crippen LogP contribution in [0, 0.1) is 0 Å². The number of rotatable bonds is 1. The van der Waals surface area contributed by atoms with Crippen LogP contribution in [-0.2, 0) is 6.18 Å². The summed E-state index contributed by atoms with van der Waals surface area (Å²) in [5.74, 6) is 0. The third-order valence-electron chi connectivity index (χ3n) is 2.10. The summed E-state index contributed by atoms with van der Waals surface area (Å²) >= 11 is 3.69. The zero-order valence-electron chi connectivity index (χ0n) is 8.38. The van der Waals surface area contributed by atoms with E-state index >= 15 is 0 Å². The van der Waals surface area contributed by atoms with Crippen molar-refractivity contribution in [2.45, 2.75) is 6.18 Å². The second kappa shape index (κ2) is 4.70. The lowest BCUT2D eigenvalue weighted by atomic mass is 10.2. The molecule has 1 aromatic heterocycles. The fraction of sp³-hybridized carbons (Fsp3) is 0.0909. The maximum atomic E-state index is 12.6. The number of allylic oxidation sites excluding steroid dienone is 4. The third kappa shape index (κ3) is 2.63. The zero-order valence-corrected chi connectivity index (χ0v) is 10.8. The second-order valence-corrected chi connectivity index (χ2v) is 4.93. The minimum atomic E-state index is -4.32. The fourth-order valence-electron chi connectivity index (χ4n) is 1.34. The van der Waals surface area contributed by atoms with Crippen LogP contribution in [0.25, 0.3) is 5.70 Å². The Morgan fingerprint density at radius 2 is 1.94 bits per heavy atom. The van der Waals surface area contributed by atoms with Crippen LogP contribution in [0.3, 0.4) is 0 Å². The van der Waals surface area contributed by atoms with Crippen molar-refractivity contribution >= 4 is 33.0 Å². The fourth-order valence-corrected chi connectivity index (χ4v) is 3.15. The van der Waals surface area contributed by atoms with E-state index in [4.69, 9.17) is 0 Å². The van der Waals surface area contributed by atoms with E-state index in [1.54, 1.807) is 30.5 Å². The first-order valence-electron chi connectivity index (χ1n) is 4.65. The lowest BCUT2D eigenvalue weighted by Crippen LogP contribution is -2.05. The number of hydrogen-bond donors (Lipinski definition) is 1. The molecular weight excluding hydrogens is 315 g/mol. The molecule has 1 N–H and O–H groups in total. The molecule has 0 radical (unpaired) electrons. The largest absolute Gasteiger partial charge is 0.426 e. The Hall–Kier alpha value is -1.01. The van der Waals surface area contributed by atoms with E-state index < -0.39 is 11.1 Å². The molecule has 90 valence electrons. The van der Waals surface area contributed by atoms with Gasteiger partial charge in [0.25, 0.3) is 0 Å². The summed E-state index contributed by atoms with van der Waals surface area (Å²) in [6, 6.07) is 0. The number of hydrogen-bond acceptors (Lipinski definition) is 2. The highest BCUT2D eigenvalue weighted by Gasteiger charge is 2.36. The molecular formula is C11H7BrF3NS. The Morgan fingerprint density at radius 3 is 2.59 bits per heavy atom. The van der Waals surface area contributed by atoms with Gasteiger partial charge in [-0.05, 0) is 28.1 Å². The van der Waals surface area contributed by atoms with E-state index in [1.165, 1.54) is 5.38 Å². The van der Waals surface area contributed by atoms with Crippen molar-refractivity contribution in [2.75, 3.05) is 0 Å². The van der Waals surface area contributed by atoms with E-state index in [-0.39, 0.29) is 4.47 Å². The molecule has 6 heteroatoms. The lowest BCUT2D eigenvalue weighted by Gasteiger charge is -2.07. The Kier molecular flexibility index (Phi) is 3.44. The number of alkyl halides is 3. The van der Waals surface area contributed by atoms with E-state index in [9.17, 15) is 13.2 Å². The topological polar surface area (TPSA) is 12.0 Å². The quantitative estimate of drug-likeness (QED) is 0.800. The minimum absolute atomic E-state index is 0.0810. The van der Waals surface area contributed by atoms with Crippen LogP contribution >= 0.6 is 27.3 Å². The van der Waals surface area contributed by atoms with Gasteiger partial charge in [-0.15, -0.1) is 11.3 Å². The van der Waals surface area contributed by atoms with Crippen LogP contribution in [0.5, 0.6) is 0 Å². The number of nitrogens with one attached hydrogen (secondary N) is 1. The molecule has 0 unspecified atom stereocenters. The van der Waals surface area contributed by atoms with Crippen molar-refractivity contribution in [3.63, 3.8) is 0 Å². The summed E-state index contributed by atoms with van der Waals surface area (Å²) < 4.78 is 37.9. The smallest absolute Gasteiger partial charge is 0.361 e. The maximum absolute atomic E-state index is 12.6. The van der Waals surface area contributed by atoms with Gasteiger partial charge in [0, 0.05) is 27.3 Å². The zero-order chi connectivity index (χ0) is 12.5. The Bertz CT molecular complexity index is 511. The highest BCUT2D eigenvalue weighted by atomic mass is 79.9. The molecule has 1 aliphatic rings. The van der Waals surface area contributed by atoms with Crippen LogP contribution in [0.15, 0.2) is 40.4 Å². The second-order valence-electron chi connectivity index (χ2n) is 3.26. The number of thiophene rings is 1. The van der Waals surface area contributed by atoms with Gasteiger partial charge < -0.3 is 5.32 Å². The van der Waals surface area contributed by atoms with Gasteiger partial charge in [-0.2, -0.15) is 13.2 Å². The van der Waals surface area contributed by atoms with Crippen molar-refractivity contribution in [1.29, 1.82) is 0 Å². The summed E-state index contributed by atoms with van der Waals surface area (Å²) in [7, 11) is 0. The average Bonchev–Trinajstić information content (AvgIpc) is 2.50. The molecule has 0 fully saturated rings. The molecule has 0 aliphatic carbocycles. The van der Waals surface area contributed by atoms with Gasteiger partial charge in [0.1, 0.15) is 4.88 Å². The summed E-state index contributed by atoms with van der Waals surface area (Å²) in [5, 5.41) is 4.42. The Balaban J connectivity index is 2.41. The predicted molar refractivity (Wildman–Crippen MR) is 66.4 cm³/mol. The predicted octanol–water partition coefficient (Wildman–Crippen LogP) is 4.54. The minimum Gasteiger partial charge on any atom is -0.361 e. The molecule has 0 atom stereocenters. The van der Waals surface area contributed by atoms with Crippen molar-refractivity contribution in [1.82, 2.24) is 5.32 Å². The summed E-state index contributed by atoms with van der Waals surface area (Å²) in [6.07, 6.45) is 4.42. The SMILES string of the molecule is FC(F)(F)c1scc(C2=CC=CC=CN2)c1Br. The van der Waals surface area contributed by atoms with Crippen LogP contribution in [0.4, 0.5) is 13.2 Å². The molecule has 17 heavy (non-hydrogen) atoms. The molecule has 2 rings (SSSR count). The molecule has 0 saturated heterocycles. The molecule has 1 nitrogen and oxygen atoms in total. The van der Waals surface area contributed by atoms with E-state index in [0.717, 1.165) is 0 Å². The van der Waals surface area contributed by atoms with Crippen LogP contribution in [0.2, 0.25) is 0 Å². The maximum Gasteiger partial charge on any atom is 0.426 e. The molecule has 0 spiro atoms. The van der Waals surface area contributed by atoms with Gasteiger partial charge in [0.2, 0.25) is 0 Å². The molecule has 0 saturated carbocycles. The van der Waals surface area contributed by atoms with Crippen molar-refractivity contribution in [3.05, 3.63) is 50.8 Å². The summed E-state index contributed by atoms with van der Waals surface area (Å²) in [4.78, 5) is -0.618. The first-order valence-corrected chi connectivity index (χ1v) is 6.32. The molecule has 1 aromatic rings. The molecule has 2 heterocycles. The molecule has 0 aromatic carbocycles. The van der Waals surface area contributed by atoms with Crippen molar-refractivity contribution in [3.8, 4) is 0 Å². The van der Waals surface area contributed by atoms with Crippen molar-refractivity contribution < 1.29 is 13.2 Å². The molecule has 0 amide bonds. The first kappa shape index (κ1) is 12.4. The monoisotopic (exact) mass is 321 g/mol.